The van der Waals surface area contributed by atoms with Crippen LogP contribution in [0.4, 0.5) is 5.69 Å². The predicted octanol–water partition coefficient (Wildman–Crippen LogP) is 1.88. The van der Waals surface area contributed by atoms with Gasteiger partial charge in [0.1, 0.15) is 11.5 Å². The Morgan fingerprint density at radius 2 is 1.80 bits per heavy atom. The Bertz CT molecular complexity index is 1080. The molecular weight excluding hydrogens is 366 g/mol. The molecule has 0 aliphatic heterocycles. The number of anilines is 1. The van der Waals surface area contributed by atoms with Gasteiger partial charge in [0, 0.05) is 29.8 Å². The zero-order chi connectivity index (χ0) is 18.2. The molecule has 3 aromatic rings. The summed E-state index contributed by atoms with van der Waals surface area (Å²) >= 11 is 1.25. The van der Waals surface area contributed by atoms with Gasteiger partial charge in [-0.15, -0.1) is 11.3 Å². The number of hydrogen-bond donors (Lipinski definition) is 1. The van der Waals surface area contributed by atoms with Gasteiger partial charge in [0.15, 0.2) is 9.86 Å². The Labute approximate surface area is 147 Å². The van der Waals surface area contributed by atoms with E-state index in [9.17, 15) is 13.2 Å². The van der Waals surface area contributed by atoms with Crippen LogP contribution in [0.1, 0.15) is 5.69 Å². The maximum absolute atomic E-state index is 12.8. The van der Waals surface area contributed by atoms with Crippen molar-refractivity contribution in [3.63, 3.8) is 0 Å². The predicted molar refractivity (Wildman–Crippen MR) is 94.4 cm³/mol. The van der Waals surface area contributed by atoms with Crippen molar-refractivity contribution in [1.82, 2.24) is 9.38 Å². The van der Waals surface area contributed by atoms with Gasteiger partial charge in [-0.25, -0.2) is 13.4 Å². The number of nitrogens with one attached hydrogen (secondary N) is 1. The molecule has 0 unspecified atom stereocenters. The molecule has 1 aromatic carbocycles. The molecule has 8 nitrogen and oxygen atoms in total. The van der Waals surface area contributed by atoms with Crippen LogP contribution in [0.2, 0.25) is 0 Å². The number of aromatic nitrogens is 2. The van der Waals surface area contributed by atoms with Crippen LogP contribution in [-0.4, -0.2) is 32.0 Å². The molecule has 2 heterocycles. The summed E-state index contributed by atoms with van der Waals surface area (Å²) in [6.07, 6.45) is 1.49. The zero-order valence-corrected chi connectivity index (χ0v) is 15.3. The molecule has 0 aliphatic rings. The third-order valence-electron chi connectivity index (χ3n) is 3.47. The topological polar surface area (TPSA) is 99.0 Å². The molecule has 132 valence electrons. The van der Waals surface area contributed by atoms with E-state index in [2.05, 4.69) is 9.71 Å². The smallest absolute Gasteiger partial charge is 0.279 e. The van der Waals surface area contributed by atoms with E-state index in [1.54, 1.807) is 11.4 Å². The lowest BCUT2D eigenvalue weighted by molar-refractivity contribution is 0.395. The van der Waals surface area contributed by atoms with E-state index < -0.39 is 20.5 Å². The van der Waals surface area contributed by atoms with Crippen LogP contribution in [0.3, 0.4) is 0 Å². The lowest BCUT2D eigenvalue weighted by atomic mass is 10.3. The van der Waals surface area contributed by atoms with E-state index in [1.165, 1.54) is 55.2 Å². The summed E-state index contributed by atoms with van der Waals surface area (Å²) in [6, 6.07) is 4.59. The first-order chi connectivity index (χ1) is 11.9. The average molecular weight is 381 g/mol. The number of hydrogen-bond acceptors (Lipinski definition) is 7. The highest BCUT2D eigenvalue weighted by Crippen LogP contribution is 2.27. The molecule has 0 radical (unpaired) electrons. The van der Waals surface area contributed by atoms with Crippen molar-refractivity contribution in [2.45, 2.75) is 11.8 Å². The van der Waals surface area contributed by atoms with E-state index in [0.29, 0.717) is 16.5 Å². The summed E-state index contributed by atoms with van der Waals surface area (Å²) in [7, 11) is -1.23. The van der Waals surface area contributed by atoms with Crippen LogP contribution < -0.4 is 19.8 Å². The highest BCUT2D eigenvalue weighted by atomic mass is 32.2. The molecule has 0 saturated heterocycles. The van der Waals surface area contributed by atoms with Gasteiger partial charge in [0.05, 0.1) is 25.6 Å². The van der Waals surface area contributed by atoms with E-state index in [1.807, 2.05) is 0 Å². The Hall–Kier alpha value is -2.59. The van der Waals surface area contributed by atoms with E-state index in [0.717, 1.165) is 0 Å². The van der Waals surface area contributed by atoms with Gasteiger partial charge >= 0.3 is 0 Å². The number of nitrogens with zero attached hydrogens (tertiary/aromatic N) is 2. The van der Waals surface area contributed by atoms with Crippen molar-refractivity contribution in [3.05, 3.63) is 45.8 Å². The van der Waals surface area contributed by atoms with Gasteiger partial charge < -0.3 is 9.47 Å². The second-order valence-electron chi connectivity index (χ2n) is 5.09. The Kier molecular flexibility index (Phi) is 4.39. The Balaban J connectivity index is 2.11. The number of fused-ring (bicyclic) bond motifs is 1. The molecule has 0 spiro atoms. The van der Waals surface area contributed by atoms with Gasteiger partial charge in [-0.2, -0.15) is 0 Å². The fourth-order valence-electron chi connectivity index (χ4n) is 2.35. The minimum Gasteiger partial charge on any atom is -0.497 e. The number of sulfonamides is 1. The molecule has 0 atom stereocenters. The third-order valence-corrected chi connectivity index (χ3v) is 5.74. The zero-order valence-electron chi connectivity index (χ0n) is 13.6. The fraction of sp³-hybridized carbons (Fsp3) is 0.200. The largest absolute Gasteiger partial charge is 0.497 e. The number of thiazole rings is 1. The standard InChI is InChI=1S/C15H15N3O5S2/c1-9-13(14(19)18-4-5-24-15(18)16-9)25(20,21)17-10-6-11(22-2)8-12(7-10)23-3/h4-8,17H,1-3H3. The van der Waals surface area contributed by atoms with Crippen molar-refractivity contribution in [1.29, 1.82) is 0 Å². The van der Waals surface area contributed by atoms with Crippen LogP contribution in [0.5, 0.6) is 11.5 Å². The first-order valence-electron chi connectivity index (χ1n) is 7.08. The molecule has 0 fully saturated rings. The number of methoxy groups -OCH3 is 2. The minimum atomic E-state index is -4.15. The molecule has 0 aliphatic carbocycles. The first-order valence-corrected chi connectivity index (χ1v) is 9.44. The van der Waals surface area contributed by atoms with Crippen molar-refractivity contribution >= 4 is 32.0 Å². The van der Waals surface area contributed by atoms with Crippen molar-refractivity contribution < 1.29 is 17.9 Å². The molecule has 3 rings (SSSR count). The number of benzene rings is 1. The summed E-state index contributed by atoms with van der Waals surface area (Å²) in [5.74, 6) is 0.828. The SMILES string of the molecule is COc1cc(NS(=O)(=O)c2c(C)nc3sccn3c2=O)cc(OC)c1. The van der Waals surface area contributed by atoms with Gasteiger partial charge in [-0.1, -0.05) is 0 Å². The van der Waals surface area contributed by atoms with Crippen LogP contribution >= 0.6 is 11.3 Å². The van der Waals surface area contributed by atoms with E-state index in [4.69, 9.17) is 9.47 Å². The molecule has 25 heavy (non-hydrogen) atoms. The highest BCUT2D eigenvalue weighted by molar-refractivity contribution is 7.92. The first kappa shape index (κ1) is 17.2. The summed E-state index contributed by atoms with van der Waals surface area (Å²) < 4.78 is 39.4. The van der Waals surface area contributed by atoms with E-state index >= 15 is 0 Å². The van der Waals surface area contributed by atoms with E-state index in [-0.39, 0.29) is 11.4 Å². The second kappa shape index (κ2) is 6.37. The molecule has 0 saturated carbocycles. The monoisotopic (exact) mass is 381 g/mol. The van der Waals surface area contributed by atoms with Crippen LogP contribution in [0, 0.1) is 6.92 Å². The fourth-order valence-corrected chi connectivity index (χ4v) is 4.39. The molecule has 0 bridgehead atoms. The summed E-state index contributed by atoms with van der Waals surface area (Å²) in [5.41, 5.74) is -0.300. The molecular formula is C15H15N3O5S2. The summed E-state index contributed by atoms with van der Waals surface area (Å²) in [5, 5.41) is 1.67. The van der Waals surface area contributed by atoms with Gasteiger partial charge in [0.25, 0.3) is 15.6 Å². The Morgan fingerprint density at radius 1 is 1.16 bits per heavy atom. The normalized spacial score (nSPS) is 11.5. The summed E-state index contributed by atoms with van der Waals surface area (Å²) in [6.45, 7) is 1.49. The van der Waals surface area contributed by atoms with Crippen molar-refractivity contribution in [2.75, 3.05) is 18.9 Å². The lowest BCUT2D eigenvalue weighted by Gasteiger charge is -2.12. The molecule has 0 amide bonds. The highest BCUT2D eigenvalue weighted by Gasteiger charge is 2.24. The van der Waals surface area contributed by atoms with Gasteiger partial charge in [-0.05, 0) is 6.92 Å². The Morgan fingerprint density at radius 3 is 2.40 bits per heavy atom. The van der Waals surface area contributed by atoms with Crippen LogP contribution in [0.15, 0.2) is 39.5 Å². The third kappa shape index (κ3) is 3.17. The lowest BCUT2D eigenvalue weighted by Crippen LogP contribution is -2.27. The molecule has 10 heteroatoms. The maximum atomic E-state index is 12.8. The van der Waals surface area contributed by atoms with Gasteiger partial charge in [0.2, 0.25) is 0 Å². The van der Waals surface area contributed by atoms with Gasteiger partial charge in [-0.3, -0.25) is 13.9 Å². The van der Waals surface area contributed by atoms with Crippen LogP contribution in [0.25, 0.3) is 4.96 Å². The molecule has 1 N–H and O–H groups in total. The molecule has 2 aromatic heterocycles. The average Bonchev–Trinajstić information content (AvgIpc) is 3.02. The second-order valence-corrected chi connectivity index (χ2v) is 7.59. The van der Waals surface area contributed by atoms with Crippen LogP contribution in [-0.2, 0) is 10.0 Å². The van der Waals surface area contributed by atoms with Crippen molar-refractivity contribution in [3.8, 4) is 11.5 Å². The maximum Gasteiger partial charge on any atom is 0.279 e. The summed E-state index contributed by atoms with van der Waals surface area (Å²) in [4.78, 5) is 16.8. The minimum absolute atomic E-state index is 0.134. The van der Waals surface area contributed by atoms with Crippen molar-refractivity contribution in [2.24, 2.45) is 0 Å². The number of rotatable bonds is 5. The number of ether oxygens (including phenoxy) is 2. The quantitative estimate of drug-likeness (QED) is 0.724. The number of aryl methyl sites for hydroxylation is 1.